The third-order valence-electron chi connectivity index (χ3n) is 1.69. The van der Waals surface area contributed by atoms with Gasteiger partial charge < -0.3 is 4.79 Å². The molecule has 0 amide bonds. The van der Waals surface area contributed by atoms with Gasteiger partial charge >= 0.3 is 6.18 Å². The molecule has 1 rings (SSSR count). The second-order valence-corrected chi connectivity index (χ2v) is 2.77. The molecule has 0 bridgehead atoms. The van der Waals surface area contributed by atoms with Crippen molar-refractivity contribution in [1.82, 2.24) is 0 Å². The molecular formula is C6H7F3O. The highest BCUT2D eigenvalue weighted by Gasteiger charge is 2.50. The summed E-state index contributed by atoms with van der Waals surface area (Å²) in [7, 11) is 0. The summed E-state index contributed by atoms with van der Waals surface area (Å²) in [6, 6.07) is 0. The Kier molecular flexibility index (Phi) is 1.49. The molecule has 4 heteroatoms. The summed E-state index contributed by atoms with van der Waals surface area (Å²) in [4.78, 5) is 10.1. The van der Waals surface area contributed by atoms with Crippen LogP contribution in [0.15, 0.2) is 0 Å². The topological polar surface area (TPSA) is 17.1 Å². The molecule has 0 unspecified atom stereocenters. The van der Waals surface area contributed by atoms with Crippen molar-refractivity contribution < 1.29 is 18.0 Å². The monoisotopic (exact) mass is 152 g/mol. The van der Waals surface area contributed by atoms with E-state index >= 15 is 0 Å². The fraction of sp³-hybridized carbons (Fsp3) is 0.833. The molecule has 0 atom stereocenters. The predicted octanol–water partition coefficient (Wildman–Crippen LogP) is 1.92. The van der Waals surface area contributed by atoms with E-state index in [-0.39, 0.29) is 0 Å². The van der Waals surface area contributed by atoms with Crippen LogP contribution in [0.1, 0.15) is 19.3 Å². The smallest absolute Gasteiger partial charge is 0.303 e. The predicted molar refractivity (Wildman–Crippen MR) is 28.4 cm³/mol. The lowest BCUT2D eigenvalue weighted by Gasteiger charge is -2.09. The lowest BCUT2D eigenvalue weighted by Crippen LogP contribution is -2.16. The van der Waals surface area contributed by atoms with Crippen molar-refractivity contribution in [2.45, 2.75) is 25.4 Å². The molecule has 0 aromatic heterocycles. The van der Waals surface area contributed by atoms with Gasteiger partial charge in [0.05, 0.1) is 6.42 Å². The molecule has 0 heterocycles. The molecule has 1 aliphatic carbocycles. The Morgan fingerprint density at radius 3 is 2.00 bits per heavy atom. The number of carbonyl (C=O) groups is 1. The van der Waals surface area contributed by atoms with Crippen LogP contribution in [0.3, 0.4) is 0 Å². The SMILES string of the molecule is O=CC1(CC(F)(F)F)CC1. The fourth-order valence-electron chi connectivity index (χ4n) is 0.896. The van der Waals surface area contributed by atoms with Crippen LogP contribution < -0.4 is 0 Å². The average Bonchev–Trinajstić information content (AvgIpc) is 2.45. The van der Waals surface area contributed by atoms with E-state index in [1.807, 2.05) is 0 Å². The Labute approximate surface area is 56.2 Å². The molecule has 0 saturated heterocycles. The van der Waals surface area contributed by atoms with Gasteiger partial charge in [-0.2, -0.15) is 13.2 Å². The van der Waals surface area contributed by atoms with Crippen LogP contribution in [0.5, 0.6) is 0 Å². The highest BCUT2D eigenvalue weighted by atomic mass is 19.4. The molecular weight excluding hydrogens is 145 g/mol. The number of aldehydes is 1. The van der Waals surface area contributed by atoms with E-state index in [9.17, 15) is 18.0 Å². The van der Waals surface area contributed by atoms with Crippen molar-refractivity contribution in [1.29, 1.82) is 0 Å². The maximum Gasteiger partial charge on any atom is 0.390 e. The summed E-state index contributed by atoms with van der Waals surface area (Å²) in [5.41, 5.74) is -1.03. The number of halogens is 3. The van der Waals surface area contributed by atoms with Crippen molar-refractivity contribution >= 4 is 6.29 Å². The quantitative estimate of drug-likeness (QED) is 0.552. The van der Waals surface area contributed by atoms with Crippen molar-refractivity contribution in [2.75, 3.05) is 0 Å². The van der Waals surface area contributed by atoms with E-state index in [0.29, 0.717) is 19.1 Å². The highest BCUT2D eigenvalue weighted by Crippen LogP contribution is 2.50. The van der Waals surface area contributed by atoms with Gasteiger partial charge in [-0.25, -0.2) is 0 Å². The Bertz CT molecular complexity index is 146. The van der Waals surface area contributed by atoms with E-state index in [2.05, 4.69) is 0 Å². The van der Waals surface area contributed by atoms with Gasteiger partial charge in [0.25, 0.3) is 0 Å². The maximum atomic E-state index is 11.6. The summed E-state index contributed by atoms with van der Waals surface area (Å²) in [6.45, 7) is 0. The summed E-state index contributed by atoms with van der Waals surface area (Å²) in [6.07, 6.45) is -3.90. The van der Waals surface area contributed by atoms with Gasteiger partial charge in [-0.1, -0.05) is 0 Å². The van der Waals surface area contributed by atoms with Gasteiger partial charge in [-0.05, 0) is 12.8 Å². The average molecular weight is 152 g/mol. The third kappa shape index (κ3) is 1.72. The highest BCUT2D eigenvalue weighted by molar-refractivity contribution is 5.63. The molecule has 1 aliphatic rings. The molecule has 1 fully saturated rings. The van der Waals surface area contributed by atoms with Gasteiger partial charge in [0.15, 0.2) is 0 Å². The van der Waals surface area contributed by atoms with E-state index < -0.39 is 18.0 Å². The van der Waals surface area contributed by atoms with Crippen LogP contribution >= 0.6 is 0 Å². The van der Waals surface area contributed by atoms with Crippen molar-refractivity contribution in [3.63, 3.8) is 0 Å². The lowest BCUT2D eigenvalue weighted by molar-refractivity contribution is -0.151. The first-order valence-electron chi connectivity index (χ1n) is 3.01. The zero-order valence-corrected chi connectivity index (χ0v) is 5.24. The van der Waals surface area contributed by atoms with Crippen LogP contribution in [-0.4, -0.2) is 12.5 Å². The van der Waals surface area contributed by atoms with E-state index in [4.69, 9.17) is 0 Å². The zero-order valence-electron chi connectivity index (χ0n) is 5.24. The van der Waals surface area contributed by atoms with Gasteiger partial charge in [-0.15, -0.1) is 0 Å². The molecule has 0 aromatic rings. The van der Waals surface area contributed by atoms with Gasteiger partial charge in [0, 0.05) is 5.41 Å². The summed E-state index contributed by atoms with van der Waals surface area (Å²) >= 11 is 0. The molecule has 0 radical (unpaired) electrons. The number of carbonyl (C=O) groups excluding carboxylic acids is 1. The molecule has 0 N–H and O–H groups in total. The Hall–Kier alpha value is -0.540. The third-order valence-corrected chi connectivity index (χ3v) is 1.69. The molecule has 0 spiro atoms. The van der Waals surface area contributed by atoms with Crippen LogP contribution in [0.4, 0.5) is 13.2 Å². The van der Waals surface area contributed by atoms with Crippen molar-refractivity contribution in [2.24, 2.45) is 5.41 Å². The van der Waals surface area contributed by atoms with Crippen LogP contribution in [-0.2, 0) is 4.79 Å². The minimum atomic E-state index is -4.18. The summed E-state index contributed by atoms with van der Waals surface area (Å²) < 4.78 is 34.9. The number of rotatable bonds is 2. The minimum absolute atomic E-state index is 0.399. The molecule has 0 aliphatic heterocycles. The largest absolute Gasteiger partial charge is 0.390 e. The van der Waals surface area contributed by atoms with Crippen LogP contribution in [0.25, 0.3) is 0 Å². The lowest BCUT2D eigenvalue weighted by atomic mass is 10.1. The first kappa shape index (κ1) is 7.57. The molecule has 1 saturated carbocycles. The van der Waals surface area contributed by atoms with Gasteiger partial charge in [0.1, 0.15) is 6.29 Å². The number of hydrogen-bond donors (Lipinski definition) is 0. The normalized spacial score (nSPS) is 22.3. The second kappa shape index (κ2) is 1.97. The molecule has 58 valence electrons. The van der Waals surface area contributed by atoms with Crippen molar-refractivity contribution in [3.05, 3.63) is 0 Å². The first-order valence-corrected chi connectivity index (χ1v) is 3.01. The fourth-order valence-corrected chi connectivity index (χ4v) is 0.896. The minimum Gasteiger partial charge on any atom is -0.303 e. The van der Waals surface area contributed by atoms with Gasteiger partial charge in [-0.3, -0.25) is 0 Å². The number of alkyl halides is 3. The number of hydrogen-bond acceptors (Lipinski definition) is 1. The molecule has 0 aromatic carbocycles. The molecule has 10 heavy (non-hydrogen) atoms. The Morgan fingerprint density at radius 2 is 1.90 bits per heavy atom. The standard InChI is InChI=1S/C6H7F3O/c7-6(8,9)3-5(4-10)1-2-5/h4H,1-3H2. The summed E-state index contributed by atoms with van der Waals surface area (Å²) in [5.74, 6) is 0. The van der Waals surface area contributed by atoms with Crippen LogP contribution in [0, 0.1) is 5.41 Å². The van der Waals surface area contributed by atoms with E-state index in [0.717, 1.165) is 0 Å². The Morgan fingerprint density at radius 1 is 1.40 bits per heavy atom. The van der Waals surface area contributed by atoms with Crippen LogP contribution in [0.2, 0.25) is 0 Å². The van der Waals surface area contributed by atoms with E-state index in [1.165, 1.54) is 0 Å². The molecule has 1 nitrogen and oxygen atoms in total. The maximum absolute atomic E-state index is 11.6. The first-order chi connectivity index (χ1) is 4.47. The van der Waals surface area contributed by atoms with E-state index in [1.54, 1.807) is 0 Å². The second-order valence-electron chi connectivity index (χ2n) is 2.77. The van der Waals surface area contributed by atoms with Gasteiger partial charge in [0.2, 0.25) is 0 Å². The summed E-state index contributed by atoms with van der Waals surface area (Å²) in [5, 5.41) is 0. The van der Waals surface area contributed by atoms with Crippen molar-refractivity contribution in [3.8, 4) is 0 Å². The Balaban J connectivity index is 2.45. The zero-order chi connectivity index (χ0) is 7.83.